The van der Waals surface area contributed by atoms with Crippen molar-refractivity contribution in [3.05, 3.63) is 36.7 Å². The molecule has 0 aromatic carbocycles. The molecule has 88 valence electrons. The standard InChI is InChI=1S/C13H20N2O/c1-3-5-6-12(4-2)15-13-9-14-8-7-11(13)10-16/h3,7-9,12,15-16H,1,4-6,10H2,2H3. The summed E-state index contributed by atoms with van der Waals surface area (Å²) >= 11 is 0. The van der Waals surface area contributed by atoms with Crippen molar-refractivity contribution < 1.29 is 5.11 Å². The van der Waals surface area contributed by atoms with E-state index in [-0.39, 0.29) is 6.61 Å². The minimum atomic E-state index is 0.0444. The first-order chi connectivity index (χ1) is 7.81. The molecular formula is C13H20N2O. The largest absolute Gasteiger partial charge is 0.392 e. The van der Waals surface area contributed by atoms with E-state index in [9.17, 15) is 5.11 Å². The molecule has 0 saturated heterocycles. The molecule has 0 aliphatic carbocycles. The van der Waals surface area contributed by atoms with E-state index in [4.69, 9.17) is 0 Å². The lowest BCUT2D eigenvalue weighted by Crippen LogP contribution is -2.19. The molecular weight excluding hydrogens is 200 g/mol. The van der Waals surface area contributed by atoms with E-state index in [1.807, 2.05) is 12.1 Å². The molecule has 0 spiro atoms. The molecule has 0 bridgehead atoms. The third-order valence-corrected chi connectivity index (χ3v) is 2.65. The Hall–Kier alpha value is -1.35. The maximum Gasteiger partial charge on any atom is 0.0703 e. The van der Waals surface area contributed by atoms with Crippen LogP contribution in [0.1, 0.15) is 31.7 Å². The van der Waals surface area contributed by atoms with Gasteiger partial charge in [-0.15, -0.1) is 6.58 Å². The highest BCUT2D eigenvalue weighted by Gasteiger charge is 2.07. The van der Waals surface area contributed by atoms with E-state index in [0.29, 0.717) is 6.04 Å². The summed E-state index contributed by atoms with van der Waals surface area (Å²) in [5.74, 6) is 0. The second kappa shape index (κ2) is 7.01. The highest BCUT2D eigenvalue weighted by Crippen LogP contribution is 2.17. The fourth-order valence-corrected chi connectivity index (χ4v) is 1.61. The molecule has 0 fully saturated rings. The van der Waals surface area contributed by atoms with Crippen molar-refractivity contribution in [1.29, 1.82) is 0 Å². The zero-order valence-corrected chi connectivity index (χ0v) is 9.82. The number of hydrogen-bond donors (Lipinski definition) is 2. The molecule has 1 unspecified atom stereocenters. The van der Waals surface area contributed by atoms with Gasteiger partial charge in [-0.2, -0.15) is 0 Å². The average Bonchev–Trinajstić information content (AvgIpc) is 2.34. The summed E-state index contributed by atoms with van der Waals surface area (Å²) in [6.45, 7) is 5.92. The van der Waals surface area contributed by atoms with Crippen molar-refractivity contribution in [3.8, 4) is 0 Å². The number of rotatable bonds is 7. The number of anilines is 1. The Morgan fingerprint density at radius 2 is 2.44 bits per heavy atom. The SMILES string of the molecule is C=CCCC(CC)Nc1cnccc1CO. The van der Waals surface area contributed by atoms with Crippen LogP contribution in [-0.4, -0.2) is 16.1 Å². The fraction of sp³-hybridized carbons (Fsp3) is 0.462. The number of nitrogens with zero attached hydrogens (tertiary/aromatic N) is 1. The lowest BCUT2D eigenvalue weighted by molar-refractivity contribution is 0.282. The number of aliphatic hydroxyl groups excluding tert-OH is 1. The Labute approximate surface area is 97.2 Å². The van der Waals surface area contributed by atoms with Gasteiger partial charge in [0, 0.05) is 17.8 Å². The van der Waals surface area contributed by atoms with Gasteiger partial charge in [0.05, 0.1) is 18.5 Å². The maximum absolute atomic E-state index is 9.20. The molecule has 1 rings (SSSR count). The maximum atomic E-state index is 9.20. The second-order valence-corrected chi connectivity index (χ2v) is 3.81. The molecule has 0 amide bonds. The summed E-state index contributed by atoms with van der Waals surface area (Å²) in [7, 11) is 0. The predicted molar refractivity (Wildman–Crippen MR) is 67.3 cm³/mol. The Bertz CT molecular complexity index is 325. The second-order valence-electron chi connectivity index (χ2n) is 3.81. The highest BCUT2D eigenvalue weighted by atomic mass is 16.3. The van der Waals surface area contributed by atoms with Gasteiger partial charge in [-0.3, -0.25) is 4.98 Å². The van der Waals surface area contributed by atoms with Crippen LogP contribution in [0.3, 0.4) is 0 Å². The quantitative estimate of drug-likeness (QED) is 0.694. The van der Waals surface area contributed by atoms with Gasteiger partial charge in [-0.1, -0.05) is 13.0 Å². The third kappa shape index (κ3) is 3.66. The van der Waals surface area contributed by atoms with Gasteiger partial charge in [-0.05, 0) is 25.3 Å². The lowest BCUT2D eigenvalue weighted by atomic mass is 10.1. The first-order valence-electron chi connectivity index (χ1n) is 5.73. The molecule has 0 aliphatic heterocycles. The minimum absolute atomic E-state index is 0.0444. The lowest BCUT2D eigenvalue weighted by Gasteiger charge is -2.19. The van der Waals surface area contributed by atoms with Crippen molar-refractivity contribution in [2.75, 3.05) is 5.32 Å². The van der Waals surface area contributed by atoms with Crippen LogP contribution < -0.4 is 5.32 Å². The number of hydrogen-bond acceptors (Lipinski definition) is 3. The monoisotopic (exact) mass is 220 g/mol. The zero-order valence-electron chi connectivity index (χ0n) is 9.82. The van der Waals surface area contributed by atoms with Crippen molar-refractivity contribution in [3.63, 3.8) is 0 Å². The number of nitrogens with one attached hydrogen (secondary N) is 1. The molecule has 1 heterocycles. The van der Waals surface area contributed by atoms with Crippen LogP contribution >= 0.6 is 0 Å². The van der Waals surface area contributed by atoms with Crippen LogP contribution in [0, 0.1) is 0 Å². The first kappa shape index (κ1) is 12.7. The summed E-state index contributed by atoms with van der Waals surface area (Å²) in [5.41, 5.74) is 1.83. The van der Waals surface area contributed by atoms with Crippen LogP contribution in [0.2, 0.25) is 0 Å². The van der Waals surface area contributed by atoms with Crippen LogP contribution in [-0.2, 0) is 6.61 Å². The van der Waals surface area contributed by atoms with Crippen LogP contribution in [0.5, 0.6) is 0 Å². The molecule has 3 nitrogen and oxygen atoms in total. The van der Waals surface area contributed by atoms with Gasteiger partial charge in [0.2, 0.25) is 0 Å². The van der Waals surface area contributed by atoms with Crippen LogP contribution in [0.15, 0.2) is 31.1 Å². The van der Waals surface area contributed by atoms with Crippen LogP contribution in [0.4, 0.5) is 5.69 Å². The molecule has 0 saturated carbocycles. The fourth-order valence-electron chi connectivity index (χ4n) is 1.61. The van der Waals surface area contributed by atoms with Gasteiger partial charge >= 0.3 is 0 Å². The Kier molecular flexibility index (Phi) is 5.57. The molecule has 0 aliphatic rings. The van der Waals surface area contributed by atoms with Crippen molar-refractivity contribution >= 4 is 5.69 Å². The van der Waals surface area contributed by atoms with Gasteiger partial charge in [0.15, 0.2) is 0 Å². The van der Waals surface area contributed by atoms with E-state index in [0.717, 1.165) is 30.5 Å². The number of aromatic nitrogens is 1. The Morgan fingerprint density at radius 1 is 1.62 bits per heavy atom. The molecule has 1 atom stereocenters. The summed E-state index contributed by atoms with van der Waals surface area (Å²) in [6.07, 6.45) is 8.50. The predicted octanol–water partition coefficient (Wildman–Crippen LogP) is 2.73. The summed E-state index contributed by atoms with van der Waals surface area (Å²) < 4.78 is 0. The van der Waals surface area contributed by atoms with Gasteiger partial charge < -0.3 is 10.4 Å². The highest BCUT2D eigenvalue weighted by molar-refractivity contribution is 5.49. The summed E-state index contributed by atoms with van der Waals surface area (Å²) in [5, 5.41) is 12.6. The number of aliphatic hydroxyl groups is 1. The topological polar surface area (TPSA) is 45.2 Å². The summed E-state index contributed by atoms with van der Waals surface area (Å²) in [6, 6.07) is 2.25. The average molecular weight is 220 g/mol. The minimum Gasteiger partial charge on any atom is -0.392 e. The van der Waals surface area contributed by atoms with E-state index < -0.39 is 0 Å². The normalized spacial score (nSPS) is 12.1. The van der Waals surface area contributed by atoms with Gasteiger partial charge in [0.25, 0.3) is 0 Å². The van der Waals surface area contributed by atoms with Crippen molar-refractivity contribution in [2.45, 2.75) is 38.8 Å². The molecule has 3 heteroatoms. The smallest absolute Gasteiger partial charge is 0.0703 e. The third-order valence-electron chi connectivity index (χ3n) is 2.65. The van der Waals surface area contributed by atoms with E-state index >= 15 is 0 Å². The molecule has 1 aromatic heterocycles. The molecule has 2 N–H and O–H groups in total. The molecule has 1 aromatic rings. The van der Waals surface area contributed by atoms with E-state index in [1.165, 1.54) is 0 Å². The molecule has 16 heavy (non-hydrogen) atoms. The Morgan fingerprint density at radius 3 is 3.06 bits per heavy atom. The molecule has 0 radical (unpaired) electrons. The van der Waals surface area contributed by atoms with Gasteiger partial charge in [0.1, 0.15) is 0 Å². The van der Waals surface area contributed by atoms with Crippen molar-refractivity contribution in [2.24, 2.45) is 0 Å². The van der Waals surface area contributed by atoms with Crippen LogP contribution in [0.25, 0.3) is 0 Å². The first-order valence-corrected chi connectivity index (χ1v) is 5.73. The number of allylic oxidation sites excluding steroid dienone is 1. The summed E-state index contributed by atoms with van der Waals surface area (Å²) in [4.78, 5) is 4.07. The van der Waals surface area contributed by atoms with E-state index in [2.05, 4.69) is 23.8 Å². The van der Waals surface area contributed by atoms with Crippen molar-refractivity contribution in [1.82, 2.24) is 4.98 Å². The zero-order chi connectivity index (χ0) is 11.8. The Balaban J connectivity index is 2.65. The number of pyridine rings is 1. The van der Waals surface area contributed by atoms with E-state index in [1.54, 1.807) is 12.4 Å². The van der Waals surface area contributed by atoms with Gasteiger partial charge in [-0.25, -0.2) is 0 Å².